The van der Waals surface area contributed by atoms with Gasteiger partial charge in [-0.15, -0.1) is 0 Å². The largest absolute Gasteiger partial charge is 0.309 e. The van der Waals surface area contributed by atoms with Crippen LogP contribution in [0, 0.1) is 6.92 Å². The zero-order chi connectivity index (χ0) is 33.6. The van der Waals surface area contributed by atoms with Crippen LogP contribution in [0.3, 0.4) is 0 Å². The monoisotopic (exact) mass is 648 g/mol. The SMILES string of the molecule is Cc1ccc2c3ccc(-c4cccc(-n5c6ccccc6c6cc(-n7c8ccccc8c8ccccc87)ccc65)c4)cc3c3ccccc3c2c1. The predicted molar refractivity (Wildman–Crippen MR) is 218 cm³/mol. The summed E-state index contributed by atoms with van der Waals surface area (Å²) in [6.45, 7) is 2.18. The molecule has 0 aliphatic heterocycles. The lowest BCUT2D eigenvalue weighted by atomic mass is 9.91. The number of benzene rings is 9. The molecule has 0 aliphatic carbocycles. The van der Waals surface area contributed by atoms with Crippen molar-refractivity contribution in [2.75, 3.05) is 0 Å². The van der Waals surface area contributed by atoms with E-state index >= 15 is 0 Å². The van der Waals surface area contributed by atoms with Crippen molar-refractivity contribution in [2.45, 2.75) is 6.92 Å². The Bertz CT molecular complexity index is 3140. The molecule has 2 aromatic heterocycles. The summed E-state index contributed by atoms with van der Waals surface area (Å²) in [4.78, 5) is 0. The third kappa shape index (κ3) is 4.11. The van der Waals surface area contributed by atoms with Crippen molar-refractivity contribution in [3.8, 4) is 22.5 Å². The summed E-state index contributed by atoms with van der Waals surface area (Å²) >= 11 is 0. The van der Waals surface area contributed by atoms with Gasteiger partial charge in [0.15, 0.2) is 0 Å². The van der Waals surface area contributed by atoms with Crippen LogP contribution in [-0.4, -0.2) is 9.13 Å². The molecule has 11 rings (SSSR count). The van der Waals surface area contributed by atoms with Crippen LogP contribution < -0.4 is 0 Å². The number of hydrogen-bond acceptors (Lipinski definition) is 0. The zero-order valence-corrected chi connectivity index (χ0v) is 28.1. The Balaban J connectivity index is 1.10. The molecule has 0 saturated heterocycles. The minimum atomic E-state index is 1.15. The Hall–Kier alpha value is -6.64. The summed E-state index contributed by atoms with van der Waals surface area (Å²) in [6, 6.07) is 64.9. The van der Waals surface area contributed by atoms with Gasteiger partial charge in [0, 0.05) is 32.9 Å². The molecular formula is C49H32N2. The second-order valence-electron chi connectivity index (χ2n) is 13.8. The second-order valence-corrected chi connectivity index (χ2v) is 13.8. The molecule has 0 bridgehead atoms. The average molecular weight is 649 g/mol. The van der Waals surface area contributed by atoms with Crippen LogP contribution in [0.15, 0.2) is 176 Å². The maximum Gasteiger partial charge on any atom is 0.0542 e. The van der Waals surface area contributed by atoms with Gasteiger partial charge in [0.05, 0.1) is 22.1 Å². The van der Waals surface area contributed by atoms with Crippen LogP contribution in [0.4, 0.5) is 0 Å². The highest BCUT2D eigenvalue weighted by Crippen LogP contribution is 2.40. The fraction of sp³-hybridized carbons (Fsp3) is 0.0204. The third-order valence-electron chi connectivity index (χ3n) is 10.9. The molecule has 2 heteroatoms. The van der Waals surface area contributed by atoms with Crippen LogP contribution in [-0.2, 0) is 0 Å². The van der Waals surface area contributed by atoms with E-state index in [9.17, 15) is 0 Å². The van der Waals surface area contributed by atoms with Gasteiger partial charge in [0.2, 0.25) is 0 Å². The number of hydrogen-bond donors (Lipinski definition) is 0. The van der Waals surface area contributed by atoms with Crippen LogP contribution in [0.1, 0.15) is 5.56 Å². The second kappa shape index (κ2) is 10.7. The Morgan fingerprint density at radius 1 is 0.275 bits per heavy atom. The average Bonchev–Trinajstić information content (AvgIpc) is 3.70. The molecule has 0 aliphatic rings. The molecule has 0 spiro atoms. The van der Waals surface area contributed by atoms with Crippen molar-refractivity contribution < 1.29 is 0 Å². The first-order valence-corrected chi connectivity index (χ1v) is 17.7. The number of fused-ring (bicyclic) bond motifs is 12. The standard InChI is InChI=1S/C49H32N2/c1-31-21-24-38-39-25-22-33(29-44(39)37-14-3-2-13-36(37)43(38)27-31)32-11-10-12-34(28-32)50-48-20-9-6-17-42(48)45-30-35(23-26-49(45)50)51-46-18-7-4-15-40(46)41-16-5-8-19-47(41)51/h2-30H,1H3. The normalized spacial score (nSPS) is 12.0. The number of aromatic nitrogens is 2. The van der Waals surface area contributed by atoms with Crippen LogP contribution >= 0.6 is 0 Å². The molecule has 9 aromatic carbocycles. The smallest absolute Gasteiger partial charge is 0.0542 e. The molecule has 0 atom stereocenters. The molecule has 238 valence electrons. The summed E-state index contributed by atoms with van der Waals surface area (Å²) in [7, 11) is 0. The van der Waals surface area contributed by atoms with Gasteiger partial charge in [0.1, 0.15) is 0 Å². The first-order valence-electron chi connectivity index (χ1n) is 17.7. The fourth-order valence-electron chi connectivity index (χ4n) is 8.65. The van der Waals surface area contributed by atoms with E-state index in [0.29, 0.717) is 0 Å². The summed E-state index contributed by atoms with van der Waals surface area (Å²) in [5, 5.41) is 12.9. The quantitative estimate of drug-likeness (QED) is 0.169. The van der Waals surface area contributed by atoms with Gasteiger partial charge in [-0.25, -0.2) is 0 Å². The van der Waals surface area contributed by atoms with E-state index in [1.165, 1.54) is 98.3 Å². The minimum absolute atomic E-state index is 1.15. The highest BCUT2D eigenvalue weighted by atomic mass is 15.0. The lowest BCUT2D eigenvalue weighted by molar-refractivity contribution is 1.17. The van der Waals surface area contributed by atoms with E-state index in [0.717, 1.165) is 5.69 Å². The van der Waals surface area contributed by atoms with E-state index < -0.39 is 0 Å². The van der Waals surface area contributed by atoms with Crippen LogP contribution in [0.5, 0.6) is 0 Å². The van der Waals surface area contributed by atoms with Gasteiger partial charge in [-0.3, -0.25) is 0 Å². The Kier molecular flexibility index (Phi) is 5.91. The maximum absolute atomic E-state index is 2.43. The molecule has 2 nitrogen and oxygen atoms in total. The van der Waals surface area contributed by atoms with Crippen molar-refractivity contribution in [1.29, 1.82) is 0 Å². The van der Waals surface area contributed by atoms with Gasteiger partial charge in [-0.2, -0.15) is 0 Å². The maximum atomic E-state index is 2.43. The van der Waals surface area contributed by atoms with Gasteiger partial charge in [-0.05, 0) is 105 Å². The van der Waals surface area contributed by atoms with Crippen molar-refractivity contribution in [2.24, 2.45) is 0 Å². The molecule has 0 N–H and O–H groups in total. The molecule has 2 heterocycles. The van der Waals surface area contributed by atoms with Gasteiger partial charge < -0.3 is 9.13 Å². The number of rotatable bonds is 3. The number of para-hydroxylation sites is 3. The predicted octanol–water partition coefficient (Wildman–Crippen LogP) is 13.3. The zero-order valence-electron chi connectivity index (χ0n) is 28.1. The number of nitrogens with zero attached hydrogens (tertiary/aromatic N) is 2. The molecule has 0 radical (unpaired) electrons. The summed E-state index contributed by atoms with van der Waals surface area (Å²) in [6.07, 6.45) is 0. The molecule has 0 amide bonds. The summed E-state index contributed by atoms with van der Waals surface area (Å²) in [5.41, 5.74) is 10.9. The molecule has 51 heavy (non-hydrogen) atoms. The topological polar surface area (TPSA) is 9.86 Å². The molecule has 0 fully saturated rings. The first-order chi connectivity index (χ1) is 25.2. The van der Waals surface area contributed by atoms with Crippen LogP contribution in [0.25, 0.3) is 98.4 Å². The summed E-state index contributed by atoms with van der Waals surface area (Å²) < 4.78 is 4.83. The van der Waals surface area contributed by atoms with Crippen molar-refractivity contribution in [3.05, 3.63) is 181 Å². The third-order valence-corrected chi connectivity index (χ3v) is 10.9. The van der Waals surface area contributed by atoms with E-state index in [4.69, 9.17) is 0 Å². The molecule has 0 saturated carbocycles. The van der Waals surface area contributed by atoms with Crippen molar-refractivity contribution in [3.63, 3.8) is 0 Å². The van der Waals surface area contributed by atoms with E-state index in [1.54, 1.807) is 0 Å². The molecule has 0 unspecified atom stereocenters. The van der Waals surface area contributed by atoms with Gasteiger partial charge >= 0.3 is 0 Å². The summed E-state index contributed by atoms with van der Waals surface area (Å²) in [5.74, 6) is 0. The highest BCUT2D eigenvalue weighted by molar-refractivity contribution is 6.26. The van der Waals surface area contributed by atoms with E-state index in [2.05, 4.69) is 192 Å². The lowest BCUT2D eigenvalue weighted by Gasteiger charge is -2.14. The van der Waals surface area contributed by atoms with Crippen molar-refractivity contribution >= 4 is 75.9 Å². The lowest BCUT2D eigenvalue weighted by Crippen LogP contribution is -1.96. The molecular weight excluding hydrogens is 617 g/mol. The van der Waals surface area contributed by atoms with E-state index in [-0.39, 0.29) is 0 Å². The Morgan fingerprint density at radius 2 is 0.745 bits per heavy atom. The number of aryl methyl sites for hydroxylation is 1. The fourth-order valence-corrected chi connectivity index (χ4v) is 8.65. The minimum Gasteiger partial charge on any atom is -0.309 e. The van der Waals surface area contributed by atoms with Gasteiger partial charge in [0.25, 0.3) is 0 Å². The Morgan fingerprint density at radius 3 is 1.39 bits per heavy atom. The van der Waals surface area contributed by atoms with Crippen LogP contribution in [0.2, 0.25) is 0 Å². The first kappa shape index (κ1) is 28.2. The van der Waals surface area contributed by atoms with Gasteiger partial charge in [-0.1, -0.05) is 127 Å². The highest BCUT2D eigenvalue weighted by Gasteiger charge is 2.17. The molecule has 11 aromatic rings. The Labute approximate surface area is 295 Å². The van der Waals surface area contributed by atoms with Crippen molar-refractivity contribution in [1.82, 2.24) is 9.13 Å². The van der Waals surface area contributed by atoms with E-state index in [1.807, 2.05) is 0 Å².